The van der Waals surface area contributed by atoms with Crippen LogP contribution in [0.15, 0.2) is 22.8 Å². The summed E-state index contributed by atoms with van der Waals surface area (Å²) in [4.78, 5) is 11.2. The van der Waals surface area contributed by atoms with Crippen LogP contribution in [0.5, 0.6) is 0 Å². The van der Waals surface area contributed by atoms with Crippen molar-refractivity contribution in [3.63, 3.8) is 0 Å². The predicted octanol–water partition coefficient (Wildman–Crippen LogP) is 1.95. The second kappa shape index (κ2) is 5.16. The van der Waals surface area contributed by atoms with E-state index in [9.17, 15) is 9.90 Å². The molecular weight excluding hydrogens is 208 g/mol. The molecule has 1 atom stereocenters. The number of carboxylic acids is 1. The van der Waals surface area contributed by atoms with Crippen molar-refractivity contribution >= 4 is 5.97 Å². The van der Waals surface area contributed by atoms with Crippen LogP contribution in [0.1, 0.15) is 18.6 Å². The number of aliphatic carboxylic acids is 1. The van der Waals surface area contributed by atoms with E-state index in [0.717, 1.165) is 18.6 Å². The van der Waals surface area contributed by atoms with Crippen molar-refractivity contribution in [1.82, 2.24) is 0 Å². The fourth-order valence-electron chi connectivity index (χ4n) is 2.22. The molecule has 0 bridgehead atoms. The van der Waals surface area contributed by atoms with Gasteiger partial charge in [-0.2, -0.15) is 0 Å². The second-order valence-electron chi connectivity index (χ2n) is 4.18. The summed E-state index contributed by atoms with van der Waals surface area (Å²) in [6.07, 6.45) is 3.72. The third kappa shape index (κ3) is 2.64. The van der Waals surface area contributed by atoms with Gasteiger partial charge in [-0.25, -0.2) is 0 Å². The minimum Gasteiger partial charge on any atom is -0.481 e. The Morgan fingerprint density at radius 3 is 2.81 bits per heavy atom. The Labute approximate surface area is 94.2 Å². The van der Waals surface area contributed by atoms with E-state index >= 15 is 0 Å². The predicted molar refractivity (Wildman–Crippen MR) is 57.1 cm³/mol. The number of carboxylic acid groups (broad SMARTS) is 1. The van der Waals surface area contributed by atoms with E-state index in [-0.39, 0.29) is 11.8 Å². The number of rotatable bonds is 4. The average molecular weight is 224 g/mol. The standard InChI is InChI=1S/C12H16O4/c13-12(14)11(8-10-2-1-5-16-10)9-3-6-15-7-4-9/h1-2,5,9,11H,3-4,6-8H2,(H,13,14). The zero-order chi connectivity index (χ0) is 11.4. The van der Waals surface area contributed by atoms with Crippen LogP contribution in [-0.2, 0) is 16.0 Å². The van der Waals surface area contributed by atoms with Crippen LogP contribution in [-0.4, -0.2) is 24.3 Å². The zero-order valence-electron chi connectivity index (χ0n) is 9.09. The van der Waals surface area contributed by atoms with Crippen LogP contribution >= 0.6 is 0 Å². The van der Waals surface area contributed by atoms with Crippen LogP contribution < -0.4 is 0 Å². The van der Waals surface area contributed by atoms with E-state index in [1.165, 1.54) is 0 Å². The topological polar surface area (TPSA) is 59.7 Å². The molecule has 1 aromatic heterocycles. The molecule has 0 amide bonds. The first-order valence-electron chi connectivity index (χ1n) is 5.60. The number of ether oxygens (including phenoxy) is 1. The maximum atomic E-state index is 11.2. The van der Waals surface area contributed by atoms with Gasteiger partial charge >= 0.3 is 5.97 Å². The van der Waals surface area contributed by atoms with Crippen molar-refractivity contribution in [2.45, 2.75) is 19.3 Å². The van der Waals surface area contributed by atoms with Crippen molar-refractivity contribution < 1.29 is 19.1 Å². The summed E-state index contributed by atoms with van der Waals surface area (Å²) in [5, 5.41) is 9.24. The van der Waals surface area contributed by atoms with Crippen molar-refractivity contribution in [2.75, 3.05) is 13.2 Å². The Hall–Kier alpha value is -1.29. The lowest BCUT2D eigenvalue weighted by atomic mass is 9.83. The Morgan fingerprint density at radius 2 is 2.25 bits per heavy atom. The number of hydrogen-bond donors (Lipinski definition) is 1. The van der Waals surface area contributed by atoms with E-state index < -0.39 is 5.97 Å². The van der Waals surface area contributed by atoms with Gasteiger partial charge in [-0.1, -0.05) is 0 Å². The molecule has 0 radical (unpaired) electrons. The van der Waals surface area contributed by atoms with Crippen LogP contribution in [0, 0.1) is 11.8 Å². The Kier molecular flexibility index (Phi) is 3.62. The molecule has 1 N–H and O–H groups in total. The molecule has 2 heterocycles. The molecule has 1 unspecified atom stereocenters. The van der Waals surface area contributed by atoms with Gasteiger partial charge in [0.05, 0.1) is 12.2 Å². The normalized spacial score (nSPS) is 19.5. The summed E-state index contributed by atoms with van der Waals surface area (Å²) in [5.74, 6) is -0.131. The third-order valence-electron chi connectivity index (χ3n) is 3.15. The Bertz CT molecular complexity index is 325. The molecule has 16 heavy (non-hydrogen) atoms. The van der Waals surface area contributed by atoms with Gasteiger partial charge in [-0.3, -0.25) is 4.79 Å². The monoisotopic (exact) mass is 224 g/mol. The van der Waals surface area contributed by atoms with Crippen molar-refractivity contribution in [3.05, 3.63) is 24.2 Å². The lowest BCUT2D eigenvalue weighted by Gasteiger charge is -2.27. The molecule has 2 rings (SSSR count). The molecule has 1 saturated heterocycles. The number of hydrogen-bond acceptors (Lipinski definition) is 3. The zero-order valence-corrected chi connectivity index (χ0v) is 9.09. The average Bonchev–Trinajstić information content (AvgIpc) is 2.79. The molecule has 0 saturated carbocycles. The van der Waals surface area contributed by atoms with Crippen LogP contribution in [0.2, 0.25) is 0 Å². The summed E-state index contributed by atoms with van der Waals surface area (Å²) in [5.41, 5.74) is 0. The molecule has 1 aliphatic rings. The van der Waals surface area contributed by atoms with Crippen molar-refractivity contribution in [3.8, 4) is 0 Å². The van der Waals surface area contributed by atoms with Crippen LogP contribution in [0.4, 0.5) is 0 Å². The molecular formula is C12H16O4. The van der Waals surface area contributed by atoms with Crippen LogP contribution in [0.3, 0.4) is 0 Å². The van der Waals surface area contributed by atoms with Gasteiger partial charge in [0.1, 0.15) is 5.76 Å². The van der Waals surface area contributed by atoms with Gasteiger partial charge in [0.2, 0.25) is 0 Å². The maximum Gasteiger partial charge on any atom is 0.307 e. The highest BCUT2D eigenvalue weighted by Crippen LogP contribution is 2.27. The fraction of sp³-hybridized carbons (Fsp3) is 0.583. The lowest BCUT2D eigenvalue weighted by Crippen LogP contribution is -2.30. The Morgan fingerprint density at radius 1 is 1.50 bits per heavy atom. The van der Waals surface area contributed by atoms with E-state index in [0.29, 0.717) is 19.6 Å². The smallest absolute Gasteiger partial charge is 0.307 e. The summed E-state index contributed by atoms with van der Waals surface area (Å²) in [6, 6.07) is 3.62. The van der Waals surface area contributed by atoms with Gasteiger partial charge in [0, 0.05) is 19.6 Å². The number of carbonyl (C=O) groups is 1. The van der Waals surface area contributed by atoms with Gasteiger partial charge in [0.15, 0.2) is 0 Å². The summed E-state index contributed by atoms with van der Waals surface area (Å²) < 4.78 is 10.5. The van der Waals surface area contributed by atoms with Gasteiger partial charge in [0.25, 0.3) is 0 Å². The maximum absolute atomic E-state index is 11.2. The van der Waals surface area contributed by atoms with Gasteiger partial charge < -0.3 is 14.3 Å². The quantitative estimate of drug-likeness (QED) is 0.849. The Balaban J connectivity index is 2.01. The van der Waals surface area contributed by atoms with Gasteiger partial charge in [-0.15, -0.1) is 0 Å². The second-order valence-corrected chi connectivity index (χ2v) is 4.18. The first-order chi connectivity index (χ1) is 7.77. The minimum atomic E-state index is -0.733. The SMILES string of the molecule is O=C(O)C(Cc1ccco1)C1CCOCC1. The van der Waals surface area contributed by atoms with Gasteiger partial charge in [-0.05, 0) is 30.9 Å². The van der Waals surface area contributed by atoms with Crippen molar-refractivity contribution in [1.29, 1.82) is 0 Å². The van der Waals surface area contributed by atoms with E-state index in [2.05, 4.69) is 0 Å². The first-order valence-corrected chi connectivity index (χ1v) is 5.60. The highest BCUT2D eigenvalue weighted by molar-refractivity contribution is 5.70. The fourth-order valence-corrected chi connectivity index (χ4v) is 2.22. The van der Waals surface area contributed by atoms with E-state index in [1.54, 1.807) is 12.3 Å². The lowest BCUT2D eigenvalue weighted by molar-refractivity contribution is -0.145. The molecule has 0 spiro atoms. The minimum absolute atomic E-state index is 0.205. The molecule has 0 aromatic carbocycles. The van der Waals surface area contributed by atoms with Crippen molar-refractivity contribution in [2.24, 2.45) is 11.8 Å². The molecule has 1 aliphatic heterocycles. The highest BCUT2D eigenvalue weighted by atomic mass is 16.5. The van der Waals surface area contributed by atoms with E-state index in [4.69, 9.17) is 9.15 Å². The first kappa shape index (κ1) is 11.2. The van der Waals surface area contributed by atoms with E-state index in [1.807, 2.05) is 6.07 Å². The van der Waals surface area contributed by atoms with Crippen LogP contribution in [0.25, 0.3) is 0 Å². The third-order valence-corrected chi connectivity index (χ3v) is 3.15. The molecule has 1 fully saturated rings. The summed E-state index contributed by atoms with van der Waals surface area (Å²) >= 11 is 0. The highest BCUT2D eigenvalue weighted by Gasteiger charge is 2.30. The molecule has 0 aliphatic carbocycles. The summed E-state index contributed by atoms with van der Waals surface area (Å²) in [6.45, 7) is 1.35. The molecule has 1 aromatic rings. The summed E-state index contributed by atoms with van der Waals surface area (Å²) in [7, 11) is 0. The molecule has 4 nitrogen and oxygen atoms in total. The molecule has 88 valence electrons. The molecule has 4 heteroatoms. The largest absolute Gasteiger partial charge is 0.481 e. The number of furan rings is 1.